The van der Waals surface area contributed by atoms with Crippen LogP contribution in [0.2, 0.25) is 0 Å². The number of carboxylic acid groups (broad SMARTS) is 1. The minimum atomic E-state index is -4.91. The molecule has 1 saturated heterocycles. The van der Waals surface area contributed by atoms with E-state index in [1.165, 1.54) is 0 Å². The number of hydrogen-bond acceptors (Lipinski definition) is 4. The van der Waals surface area contributed by atoms with Crippen molar-refractivity contribution in [2.75, 3.05) is 6.54 Å². The first-order chi connectivity index (χ1) is 12.5. The normalized spacial score (nSPS) is 17.1. The average Bonchev–Trinajstić information content (AvgIpc) is 2.76. The van der Waals surface area contributed by atoms with Gasteiger partial charge in [-0.25, -0.2) is 8.78 Å². The van der Waals surface area contributed by atoms with Crippen LogP contribution in [-0.4, -0.2) is 38.9 Å². The number of alkyl halides is 3. The molecule has 0 aromatic heterocycles. The molecule has 0 aliphatic carbocycles. The lowest BCUT2D eigenvalue weighted by Crippen LogP contribution is -2.30. The van der Waals surface area contributed by atoms with Crippen LogP contribution in [0.4, 0.5) is 22.0 Å². The zero-order valence-electron chi connectivity index (χ0n) is 13.2. The van der Waals surface area contributed by atoms with Crippen molar-refractivity contribution in [2.45, 2.75) is 12.6 Å². The van der Waals surface area contributed by atoms with Gasteiger partial charge in [-0.1, -0.05) is 24.0 Å². The van der Waals surface area contributed by atoms with E-state index < -0.39 is 41.7 Å². The number of carbonyl (C=O) groups excluding carboxylic acids is 1. The summed E-state index contributed by atoms with van der Waals surface area (Å²) in [6.07, 6.45) is -4.32. The van der Waals surface area contributed by atoms with E-state index in [0.717, 1.165) is 4.90 Å². The van der Waals surface area contributed by atoms with Crippen molar-refractivity contribution in [1.29, 1.82) is 0 Å². The molecule has 1 aromatic carbocycles. The Hall–Kier alpha value is -2.27. The van der Waals surface area contributed by atoms with Crippen LogP contribution in [0, 0.1) is 11.6 Å². The summed E-state index contributed by atoms with van der Waals surface area (Å²) in [6.45, 7) is -0.280. The molecule has 1 aromatic rings. The maximum Gasteiger partial charge on any atom is 0.416 e. The monoisotopic (exact) mass is 423 g/mol. The van der Waals surface area contributed by atoms with Crippen LogP contribution < -0.4 is 0 Å². The van der Waals surface area contributed by atoms with Gasteiger partial charge in [-0.3, -0.25) is 14.5 Å². The lowest BCUT2D eigenvalue weighted by molar-refractivity contribution is -0.137. The first-order valence-electron chi connectivity index (χ1n) is 7.19. The molecular weight excluding hydrogens is 413 g/mol. The number of halogens is 5. The third kappa shape index (κ3) is 5.60. The third-order valence-corrected chi connectivity index (χ3v) is 4.62. The zero-order valence-corrected chi connectivity index (χ0v) is 14.9. The second kappa shape index (κ2) is 8.17. The molecule has 1 N–H and O–H groups in total. The number of benzene rings is 1. The fourth-order valence-corrected chi connectivity index (χ4v) is 3.38. The molecular formula is C16H10F5NO3S2. The molecule has 4 nitrogen and oxygen atoms in total. The lowest BCUT2D eigenvalue weighted by Gasteiger charge is -2.12. The highest BCUT2D eigenvalue weighted by molar-refractivity contribution is 8.26. The second-order valence-electron chi connectivity index (χ2n) is 5.28. The predicted molar refractivity (Wildman–Crippen MR) is 92.6 cm³/mol. The molecule has 0 atom stereocenters. The predicted octanol–water partition coefficient (Wildman–Crippen LogP) is 4.13. The number of amides is 1. The van der Waals surface area contributed by atoms with Gasteiger partial charge in [-0.05, 0) is 29.8 Å². The number of thioether (sulfide) groups is 1. The van der Waals surface area contributed by atoms with Gasteiger partial charge in [0.15, 0.2) is 0 Å². The van der Waals surface area contributed by atoms with Gasteiger partial charge in [0.1, 0.15) is 16.0 Å². The number of hydrogen-bond donors (Lipinski definition) is 1. The minimum Gasteiger partial charge on any atom is -0.481 e. The summed E-state index contributed by atoms with van der Waals surface area (Å²) in [5, 5.41) is 8.65. The molecule has 144 valence electrons. The molecule has 2 rings (SSSR count). The number of thiocarbonyl (C=S) groups is 1. The van der Waals surface area contributed by atoms with Gasteiger partial charge in [-0.2, -0.15) is 13.2 Å². The van der Waals surface area contributed by atoms with Crippen molar-refractivity contribution < 1.29 is 36.6 Å². The van der Waals surface area contributed by atoms with Gasteiger partial charge in [0.25, 0.3) is 5.91 Å². The lowest BCUT2D eigenvalue weighted by atomic mass is 10.1. The van der Waals surface area contributed by atoms with Gasteiger partial charge in [-0.15, -0.1) is 0 Å². The highest BCUT2D eigenvalue weighted by Crippen LogP contribution is 2.36. The van der Waals surface area contributed by atoms with Crippen molar-refractivity contribution in [3.63, 3.8) is 0 Å². The van der Waals surface area contributed by atoms with Crippen molar-refractivity contribution in [3.05, 3.63) is 52.0 Å². The quantitative estimate of drug-likeness (QED) is 0.439. The molecule has 0 spiro atoms. The Kier molecular flexibility index (Phi) is 6.37. The summed E-state index contributed by atoms with van der Waals surface area (Å²) < 4.78 is 66.2. The molecule has 0 radical (unpaired) electrons. The van der Waals surface area contributed by atoms with E-state index >= 15 is 0 Å². The molecule has 0 unspecified atom stereocenters. The van der Waals surface area contributed by atoms with E-state index in [1.54, 1.807) is 0 Å². The van der Waals surface area contributed by atoms with E-state index in [2.05, 4.69) is 0 Å². The number of aliphatic carboxylic acids is 1. The zero-order chi connectivity index (χ0) is 20.4. The highest BCUT2D eigenvalue weighted by atomic mass is 32.2. The number of carboxylic acids is 1. The third-order valence-electron chi connectivity index (χ3n) is 3.24. The summed E-state index contributed by atoms with van der Waals surface area (Å²) in [6, 6.07) is 1.93. The first-order valence-corrected chi connectivity index (χ1v) is 8.42. The van der Waals surface area contributed by atoms with E-state index in [4.69, 9.17) is 17.3 Å². The van der Waals surface area contributed by atoms with Gasteiger partial charge in [0.05, 0.1) is 16.9 Å². The second-order valence-corrected chi connectivity index (χ2v) is 6.95. The Morgan fingerprint density at radius 3 is 2.33 bits per heavy atom. The van der Waals surface area contributed by atoms with Crippen molar-refractivity contribution in [2.24, 2.45) is 0 Å². The standard InChI is InChI=1S/C16H10F5NO3S2/c17-10-4-8(5-11(18)7-10)3-9(16(19,20)21)6-12-14(25)22(15(26)27-12)2-1-13(23)24/h3-7H,1-2H2,(H,23,24)/b9-3-,12-6-. The summed E-state index contributed by atoms with van der Waals surface area (Å²) in [4.78, 5) is 23.3. The van der Waals surface area contributed by atoms with Crippen LogP contribution in [0.25, 0.3) is 6.08 Å². The fourth-order valence-electron chi connectivity index (χ4n) is 2.08. The Bertz CT molecular complexity index is 844. The molecule has 0 saturated carbocycles. The maximum absolute atomic E-state index is 13.3. The topological polar surface area (TPSA) is 57.6 Å². The molecule has 11 heteroatoms. The Morgan fingerprint density at radius 2 is 1.81 bits per heavy atom. The van der Waals surface area contributed by atoms with Crippen LogP contribution in [0.5, 0.6) is 0 Å². The fraction of sp³-hybridized carbons (Fsp3) is 0.188. The van der Waals surface area contributed by atoms with Crippen LogP contribution in [0.1, 0.15) is 12.0 Å². The molecule has 1 aliphatic rings. The number of carbonyl (C=O) groups is 2. The van der Waals surface area contributed by atoms with Gasteiger partial charge >= 0.3 is 12.1 Å². The Morgan fingerprint density at radius 1 is 1.22 bits per heavy atom. The molecule has 1 aliphatic heterocycles. The summed E-state index contributed by atoms with van der Waals surface area (Å²) >= 11 is 5.47. The van der Waals surface area contributed by atoms with Crippen molar-refractivity contribution in [1.82, 2.24) is 4.90 Å². The van der Waals surface area contributed by atoms with E-state index in [1.807, 2.05) is 0 Å². The largest absolute Gasteiger partial charge is 0.481 e. The average molecular weight is 423 g/mol. The van der Waals surface area contributed by atoms with E-state index in [9.17, 15) is 31.5 Å². The van der Waals surface area contributed by atoms with Gasteiger partial charge in [0.2, 0.25) is 0 Å². The number of rotatable bonds is 5. The number of allylic oxidation sites excluding steroid dienone is 2. The molecule has 0 bridgehead atoms. The molecule has 27 heavy (non-hydrogen) atoms. The highest BCUT2D eigenvalue weighted by Gasteiger charge is 2.37. The Balaban J connectivity index is 2.38. The van der Waals surface area contributed by atoms with Gasteiger partial charge in [0, 0.05) is 12.6 Å². The smallest absolute Gasteiger partial charge is 0.416 e. The van der Waals surface area contributed by atoms with Crippen LogP contribution in [0.15, 0.2) is 34.8 Å². The maximum atomic E-state index is 13.3. The van der Waals surface area contributed by atoms with Crippen LogP contribution in [0.3, 0.4) is 0 Å². The Labute approximate surface area is 159 Å². The van der Waals surface area contributed by atoms with Crippen molar-refractivity contribution in [3.8, 4) is 0 Å². The summed E-state index contributed by atoms with van der Waals surface area (Å²) in [5.74, 6) is -4.17. The summed E-state index contributed by atoms with van der Waals surface area (Å²) in [7, 11) is 0. The number of nitrogens with zero attached hydrogens (tertiary/aromatic N) is 1. The van der Waals surface area contributed by atoms with Gasteiger partial charge < -0.3 is 5.11 Å². The summed E-state index contributed by atoms with van der Waals surface area (Å²) in [5.41, 5.74) is -1.69. The molecule has 1 fully saturated rings. The van der Waals surface area contributed by atoms with Crippen molar-refractivity contribution >= 4 is 46.3 Å². The van der Waals surface area contributed by atoms with E-state index in [-0.39, 0.29) is 21.3 Å². The SMILES string of the molecule is O=C(O)CCN1C(=O)/C(=C/C(=C/c2cc(F)cc(F)c2)C(F)(F)F)SC1=S. The minimum absolute atomic E-state index is 0.0779. The van der Waals surface area contributed by atoms with Crippen LogP contribution in [-0.2, 0) is 9.59 Å². The van der Waals surface area contributed by atoms with Crippen LogP contribution >= 0.6 is 24.0 Å². The molecule has 1 amide bonds. The molecule has 1 heterocycles. The van der Waals surface area contributed by atoms with E-state index in [0.29, 0.717) is 42.1 Å². The first kappa shape index (κ1) is 21.0.